The Balaban J connectivity index is 1.26. The molecule has 1 saturated heterocycles. The van der Waals surface area contributed by atoms with Gasteiger partial charge >= 0.3 is 0 Å². The van der Waals surface area contributed by atoms with Crippen molar-refractivity contribution in [2.75, 3.05) is 13.1 Å². The first-order valence-electron chi connectivity index (χ1n) is 12.2. The van der Waals surface area contributed by atoms with Gasteiger partial charge in [0.15, 0.2) is 17.1 Å². The third-order valence-electron chi connectivity index (χ3n) is 6.94. The van der Waals surface area contributed by atoms with Crippen LogP contribution in [0.1, 0.15) is 18.4 Å². The number of fused-ring (bicyclic) bond motifs is 2. The summed E-state index contributed by atoms with van der Waals surface area (Å²) in [7, 11) is 0. The molecule has 3 N–H and O–H groups in total. The average Bonchev–Trinajstić information content (AvgIpc) is 3.68. The van der Waals surface area contributed by atoms with Crippen molar-refractivity contribution >= 4 is 33.5 Å². The van der Waals surface area contributed by atoms with Gasteiger partial charge in [-0.3, -0.25) is 10.1 Å². The van der Waals surface area contributed by atoms with Gasteiger partial charge in [-0.25, -0.2) is 15.0 Å². The second kappa shape index (κ2) is 8.92. The maximum atomic E-state index is 4.78. The fourth-order valence-corrected chi connectivity index (χ4v) is 5.84. The summed E-state index contributed by atoms with van der Waals surface area (Å²) in [6, 6.07) is 10.5. The first-order chi connectivity index (χ1) is 17.8. The summed E-state index contributed by atoms with van der Waals surface area (Å²) < 4.78 is 0. The Morgan fingerprint density at radius 3 is 2.78 bits per heavy atom. The topological polar surface area (TPSA) is 108 Å². The maximum absolute atomic E-state index is 4.78. The Labute approximate surface area is 211 Å². The molecule has 0 unspecified atom stereocenters. The van der Waals surface area contributed by atoms with Crippen LogP contribution in [0.4, 0.5) is 0 Å². The minimum atomic E-state index is 0.652. The first-order valence-corrected chi connectivity index (χ1v) is 13.1. The van der Waals surface area contributed by atoms with Crippen molar-refractivity contribution in [2.24, 2.45) is 5.92 Å². The van der Waals surface area contributed by atoms with E-state index in [0.29, 0.717) is 23.0 Å². The molecule has 36 heavy (non-hydrogen) atoms. The number of imidazole rings is 1. The van der Waals surface area contributed by atoms with Crippen LogP contribution in [0.3, 0.4) is 0 Å². The Bertz CT molecular complexity index is 1660. The zero-order chi connectivity index (χ0) is 23.9. The number of hydrogen-bond donors (Lipinski definition) is 3. The summed E-state index contributed by atoms with van der Waals surface area (Å²) in [6.07, 6.45) is 11.1. The summed E-state index contributed by atoms with van der Waals surface area (Å²) >= 11 is 1.70. The second-order valence-electron chi connectivity index (χ2n) is 9.29. The molecule has 7 rings (SSSR count). The van der Waals surface area contributed by atoms with Crippen LogP contribution in [0.2, 0.25) is 0 Å². The molecule has 178 valence electrons. The third kappa shape index (κ3) is 3.86. The lowest BCUT2D eigenvalue weighted by molar-refractivity contribution is 0.372. The van der Waals surface area contributed by atoms with E-state index in [4.69, 9.17) is 4.98 Å². The summed E-state index contributed by atoms with van der Waals surface area (Å²) in [6.45, 7) is 2.21. The minimum absolute atomic E-state index is 0.652. The molecule has 9 heteroatoms. The van der Waals surface area contributed by atoms with Gasteiger partial charge in [0.1, 0.15) is 5.69 Å². The van der Waals surface area contributed by atoms with Gasteiger partial charge in [-0.15, -0.1) is 11.3 Å². The molecule has 0 aromatic carbocycles. The largest absolute Gasteiger partial charge is 0.335 e. The fourth-order valence-electron chi connectivity index (χ4n) is 5.08. The van der Waals surface area contributed by atoms with Crippen molar-refractivity contribution in [1.82, 2.24) is 40.4 Å². The van der Waals surface area contributed by atoms with Gasteiger partial charge < -0.3 is 10.3 Å². The lowest BCUT2D eigenvalue weighted by Gasteiger charge is -2.22. The average molecular weight is 493 g/mol. The quantitative estimate of drug-likeness (QED) is 0.304. The smallest absolute Gasteiger partial charge is 0.181 e. The van der Waals surface area contributed by atoms with Crippen LogP contribution in [-0.2, 0) is 6.42 Å². The van der Waals surface area contributed by atoms with E-state index in [0.717, 1.165) is 52.8 Å². The SMILES string of the molecule is c1csc(-c2ccnc3nc(-c4[nH]nc5ncc(-c6cncc(CC7CCNCC7)c6)cc45)[nH]c23)c1. The van der Waals surface area contributed by atoms with Crippen LogP contribution in [0.25, 0.3) is 55.3 Å². The lowest BCUT2D eigenvalue weighted by Crippen LogP contribution is -2.28. The molecule has 0 spiro atoms. The highest BCUT2D eigenvalue weighted by molar-refractivity contribution is 7.13. The van der Waals surface area contributed by atoms with Crippen molar-refractivity contribution in [3.05, 3.63) is 66.1 Å². The van der Waals surface area contributed by atoms with E-state index in [2.05, 4.69) is 65.1 Å². The molecule has 6 aromatic rings. The summed E-state index contributed by atoms with van der Waals surface area (Å²) in [4.78, 5) is 23.1. The van der Waals surface area contributed by atoms with E-state index in [9.17, 15) is 0 Å². The Morgan fingerprint density at radius 1 is 0.972 bits per heavy atom. The van der Waals surface area contributed by atoms with Crippen molar-refractivity contribution in [3.8, 4) is 33.1 Å². The molecular formula is C27H24N8S. The van der Waals surface area contributed by atoms with E-state index in [1.165, 1.54) is 23.3 Å². The van der Waals surface area contributed by atoms with E-state index < -0.39 is 0 Å². The van der Waals surface area contributed by atoms with Crippen LogP contribution in [-0.4, -0.2) is 48.2 Å². The van der Waals surface area contributed by atoms with Gasteiger partial charge in [-0.1, -0.05) is 6.07 Å². The number of pyridine rings is 3. The fraction of sp³-hybridized carbons (Fsp3) is 0.222. The van der Waals surface area contributed by atoms with Gasteiger partial charge in [-0.2, -0.15) is 5.10 Å². The second-order valence-corrected chi connectivity index (χ2v) is 10.2. The molecule has 7 heterocycles. The molecule has 1 aliphatic heterocycles. The first kappa shape index (κ1) is 21.3. The van der Waals surface area contributed by atoms with Gasteiger partial charge in [0.05, 0.1) is 10.9 Å². The van der Waals surface area contributed by atoms with Crippen LogP contribution < -0.4 is 5.32 Å². The van der Waals surface area contributed by atoms with E-state index in [1.807, 2.05) is 24.7 Å². The zero-order valence-electron chi connectivity index (χ0n) is 19.5. The Morgan fingerprint density at radius 2 is 1.89 bits per heavy atom. The predicted molar refractivity (Wildman–Crippen MR) is 143 cm³/mol. The summed E-state index contributed by atoms with van der Waals surface area (Å²) in [5.41, 5.74) is 7.49. The molecule has 0 saturated carbocycles. The molecule has 8 nitrogen and oxygen atoms in total. The molecule has 0 bridgehead atoms. The van der Waals surface area contributed by atoms with Gasteiger partial charge in [0, 0.05) is 46.4 Å². The monoisotopic (exact) mass is 492 g/mol. The Hall–Kier alpha value is -3.95. The maximum Gasteiger partial charge on any atom is 0.181 e. The molecular weight excluding hydrogens is 468 g/mol. The van der Waals surface area contributed by atoms with E-state index in [1.54, 1.807) is 17.5 Å². The normalized spacial score (nSPS) is 14.7. The molecule has 0 atom stereocenters. The van der Waals surface area contributed by atoms with Crippen LogP contribution >= 0.6 is 11.3 Å². The number of aromatic nitrogens is 7. The number of H-pyrrole nitrogens is 2. The molecule has 0 amide bonds. The Kier molecular flexibility index (Phi) is 5.29. The van der Waals surface area contributed by atoms with Crippen molar-refractivity contribution in [1.29, 1.82) is 0 Å². The van der Waals surface area contributed by atoms with Gasteiger partial charge in [0.2, 0.25) is 0 Å². The number of thiophene rings is 1. The van der Waals surface area contributed by atoms with Crippen LogP contribution in [0.5, 0.6) is 0 Å². The molecule has 0 aliphatic carbocycles. The number of nitrogens with zero attached hydrogens (tertiary/aromatic N) is 5. The summed E-state index contributed by atoms with van der Waals surface area (Å²) in [5, 5.41) is 14.0. The van der Waals surface area contributed by atoms with Gasteiger partial charge in [0.25, 0.3) is 0 Å². The number of hydrogen-bond acceptors (Lipinski definition) is 7. The van der Waals surface area contributed by atoms with E-state index >= 15 is 0 Å². The zero-order valence-corrected chi connectivity index (χ0v) is 20.3. The highest BCUT2D eigenvalue weighted by Crippen LogP contribution is 2.33. The van der Waals surface area contributed by atoms with Crippen molar-refractivity contribution < 1.29 is 0 Å². The molecule has 1 aliphatic rings. The number of rotatable bonds is 5. The van der Waals surface area contributed by atoms with E-state index in [-0.39, 0.29) is 0 Å². The number of nitrogens with one attached hydrogen (secondary N) is 3. The van der Waals surface area contributed by atoms with Crippen molar-refractivity contribution in [2.45, 2.75) is 19.3 Å². The van der Waals surface area contributed by atoms with Crippen LogP contribution in [0.15, 0.2) is 60.5 Å². The lowest BCUT2D eigenvalue weighted by atomic mass is 9.91. The molecule has 6 aromatic heterocycles. The minimum Gasteiger partial charge on any atom is -0.335 e. The third-order valence-corrected chi connectivity index (χ3v) is 7.84. The number of aromatic amines is 2. The predicted octanol–water partition coefficient (Wildman–Crippen LogP) is 5.23. The highest BCUT2D eigenvalue weighted by Gasteiger charge is 2.18. The van der Waals surface area contributed by atoms with Gasteiger partial charge in [-0.05, 0) is 73.5 Å². The van der Waals surface area contributed by atoms with Crippen molar-refractivity contribution in [3.63, 3.8) is 0 Å². The number of piperidine rings is 1. The molecule has 0 radical (unpaired) electrons. The summed E-state index contributed by atoms with van der Waals surface area (Å²) in [5.74, 6) is 1.41. The molecule has 1 fully saturated rings. The standard InChI is InChI=1S/C27H24N8S/c1-2-22(36-9-1)20-5-8-30-26-23(20)32-27(33-26)24-21-12-19(15-31-25(21)35-34-24)18-11-17(13-29-14-18)10-16-3-6-28-7-4-16/h1-2,5,8-9,11-16,28H,3-4,6-7,10H2,(H,30,32,33)(H,31,34,35). The van der Waals surface area contributed by atoms with Crippen LogP contribution in [0, 0.1) is 5.92 Å². The highest BCUT2D eigenvalue weighted by atomic mass is 32.1.